The van der Waals surface area contributed by atoms with Crippen molar-refractivity contribution < 1.29 is 8.42 Å². The summed E-state index contributed by atoms with van der Waals surface area (Å²) < 4.78 is 22.1. The maximum Gasteiger partial charge on any atom is 0.191 e. The third-order valence-electron chi connectivity index (χ3n) is 2.53. The zero-order chi connectivity index (χ0) is 14.8. The second kappa shape index (κ2) is 8.97. The van der Waals surface area contributed by atoms with Gasteiger partial charge < -0.3 is 10.6 Å². The number of nitrogens with one attached hydrogen (secondary N) is 2. The average Bonchev–Trinajstić information content (AvgIpc) is 2.86. The number of hydrogen-bond donors (Lipinski definition) is 2. The molecule has 1 aromatic rings. The second-order valence-electron chi connectivity index (χ2n) is 4.50. The molecule has 0 aromatic carbocycles. The molecule has 0 unspecified atom stereocenters. The van der Waals surface area contributed by atoms with E-state index in [0.717, 1.165) is 25.5 Å². The maximum absolute atomic E-state index is 11.0. The van der Waals surface area contributed by atoms with Gasteiger partial charge in [-0.2, -0.15) is 0 Å². The van der Waals surface area contributed by atoms with Crippen LogP contribution in [0.4, 0.5) is 0 Å². The van der Waals surface area contributed by atoms with Gasteiger partial charge in [0.2, 0.25) is 0 Å². The summed E-state index contributed by atoms with van der Waals surface area (Å²) in [5.41, 5.74) is 0. The molecular formula is C13H23N3O2S2. The van der Waals surface area contributed by atoms with Crippen LogP contribution >= 0.6 is 11.3 Å². The van der Waals surface area contributed by atoms with Crippen molar-refractivity contribution in [3.8, 4) is 0 Å². The first-order valence-electron chi connectivity index (χ1n) is 6.73. The van der Waals surface area contributed by atoms with Gasteiger partial charge >= 0.3 is 0 Å². The Morgan fingerprint density at radius 2 is 2.20 bits per heavy atom. The Morgan fingerprint density at radius 3 is 2.80 bits per heavy atom. The van der Waals surface area contributed by atoms with Crippen molar-refractivity contribution in [3.63, 3.8) is 0 Å². The molecule has 0 aliphatic rings. The lowest BCUT2D eigenvalue weighted by molar-refractivity contribution is 0.599. The summed E-state index contributed by atoms with van der Waals surface area (Å²) in [7, 11) is -2.89. The van der Waals surface area contributed by atoms with Crippen LogP contribution in [0.2, 0.25) is 0 Å². The number of aliphatic imine (C=N–C) groups is 1. The third kappa shape index (κ3) is 8.16. The molecule has 0 bridgehead atoms. The summed E-state index contributed by atoms with van der Waals surface area (Å²) in [4.78, 5) is 5.71. The lowest BCUT2D eigenvalue weighted by atomic mass is 10.3. The van der Waals surface area contributed by atoms with E-state index >= 15 is 0 Å². The van der Waals surface area contributed by atoms with Crippen LogP contribution in [-0.4, -0.2) is 46.0 Å². The van der Waals surface area contributed by atoms with Crippen molar-refractivity contribution in [2.45, 2.75) is 19.8 Å². The highest BCUT2D eigenvalue weighted by molar-refractivity contribution is 7.90. The molecule has 1 aromatic heterocycles. The van der Waals surface area contributed by atoms with E-state index in [9.17, 15) is 8.42 Å². The van der Waals surface area contributed by atoms with Crippen LogP contribution < -0.4 is 10.6 Å². The first-order valence-corrected chi connectivity index (χ1v) is 9.67. The Balaban J connectivity index is 2.31. The van der Waals surface area contributed by atoms with Gasteiger partial charge in [-0.1, -0.05) is 6.07 Å². The van der Waals surface area contributed by atoms with Crippen LogP contribution in [-0.2, 0) is 16.3 Å². The predicted octanol–water partition coefficient (Wildman–Crippen LogP) is 1.28. The number of sulfone groups is 1. The fourth-order valence-electron chi connectivity index (χ4n) is 1.62. The fraction of sp³-hybridized carbons (Fsp3) is 0.615. The predicted molar refractivity (Wildman–Crippen MR) is 86.3 cm³/mol. The van der Waals surface area contributed by atoms with Gasteiger partial charge in [0.25, 0.3) is 0 Å². The first kappa shape index (κ1) is 17.0. The van der Waals surface area contributed by atoms with E-state index in [-0.39, 0.29) is 5.75 Å². The largest absolute Gasteiger partial charge is 0.357 e. The number of guanidine groups is 1. The highest BCUT2D eigenvalue weighted by Gasteiger charge is 2.02. The normalized spacial score (nSPS) is 12.4. The first-order chi connectivity index (χ1) is 9.51. The van der Waals surface area contributed by atoms with Crippen molar-refractivity contribution in [3.05, 3.63) is 22.4 Å². The Bertz CT molecular complexity index is 496. The van der Waals surface area contributed by atoms with E-state index in [1.165, 1.54) is 11.1 Å². The quantitative estimate of drug-likeness (QED) is 0.430. The highest BCUT2D eigenvalue weighted by atomic mass is 32.2. The fourth-order valence-corrected chi connectivity index (χ4v) is 2.98. The summed E-state index contributed by atoms with van der Waals surface area (Å²) in [5.74, 6) is 0.933. The molecule has 1 rings (SSSR count). The summed E-state index contributed by atoms with van der Waals surface area (Å²) in [6, 6.07) is 4.16. The smallest absolute Gasteiger partial charge is 0.191 e. The number of rotatable bonds is 8. The van der Waals surface area contributed by atoms with E-state index < -0.39 is 9.84 Å². The van der Waals surface area contributed by atoms with Gasteiger partial charge in [0.05, 0.1) is 5.75 Å². The van der Waals surface area contributed by atoms with Gasteiger partial charge in [0.15, 0.2) is 5.96 Å². The van der Waals surface area contributed by atoms with Crippen molar-refractivity contribution in [2.75, 3.05) is 31.6 Å². The zero-order valence-electron chi connectivity index (χ0n) is 12.1. The molecule has 2 N–H and O–H groups in total. The molecule has 0 fully saturated rings. The molecule has 0 saturated heterocycles. The Kier molecular flexibility index (Phi) is 7.61. The number of nitrogens with zero attached hydrogens (tertiary/aromatic N) is 1. The van der Waals surface area contributed by atoms with Gasteiger partial charge in [-0.05, 0) is 31.2 Å². The van der Waals surface area contributed by atoms with E-state index in [1.807, 2.05) is 13.0 Å². The number of hydrogen-bond acceptors (Lipinski definition) is 4. The van der Waals surface area contributed by atoms with Gasteiger partial charge in [0, 0.05) is 30.8 Å². The minimum atomic E-state index is -2.89. The molecule has 1 heterocycles. The molecule has 0 spiro atoms. The Labute approximate surface area is 125 Å². The topological polar surface area (TPSA) is 70.6 Å². The zero-order valence-corrected chi connectivity index (χ0v) is 13.7. The maximum atomic E-state index is 11.0. The van der Waals surface area contributed by atoms with E-state index in [4.69, 9.17) is 0 Å². The summed E-state index contributed by atoms with van der Waals surface area (Å²) >= 11 is 1.75. The van der Waals surface area contributed by atoms with E-state index in [1.54, 1.807) is 11.3 Å². The van der Waals surface area contributed by atoms with Crippen LogP contribution in [0.1, 0.15) is 18.2 Å². The molecule has 5 nitrogen and oxygen atoms in total. The van der Waals surface area contributed by atoms with Crippen LogP contribution in [0.25, 0.3) is 0 Å². The highest BCUT2D eigenvalue weighted by Crippen LogP contribution is 2.07. The van der Waals surface area contributed by atoms with Gasteiger partial charge in [-0.25, -0.2) is 8.42 Å². The van der Waals surface area contributed by atoms with E-state index in [2.05, 4.69) is 27.1 Å². The van der Waals surface area contributed by atoms with Crippen molar-refractivity contribution in [1.82, 2.24) is 10.6 Å². The van der Waals surface area contributed by atoms with Crippen molar-refractivity contribution in [1.29, 1.82) is 0 Å². The second-order valence-corrected chi connectivity index (χ2v) is 7.79. The monoisotopic (exact) mass is 317 g/mol. The lowest BCUT2D eigenvalue weighted by Gasteiger charge is -2.10. The average molecular weight is 317 g/mol. The van der Waals surface area contributed by atoms with Crippen molar-refractivity contribution >= 4 is 27.1 Å². The Morgan fingerprint density at radius 1 is 1.40 bits per heavy atom. The molecule has 0 aliphatic heterocycles. The molecule has 0 atom stereocenters. The van der Waals surface area contributed by atoms with Crippen molar-refractivity contribution in [2.24, 2.45) is 4.99 Å². The van der Waals surface area contributed by atoms with Crippen LogP contribution in [0, 0.1) is 0 Å². The summed E-state index contributed by atoms with van der Waals surface area (Å²) in [6.07, 6.45) is 2.77. The minimum Gasteiger partial charge on any atom is -0.357 e. The van der Waals surface area contributed by atoms with Crippen LogP contribution in [0.3, 0.4) is 0 Å². The molecule has 0 aliphatic carbocycles. The molecule has 0 amide bonds. The third-order valence-corrected chi connectivity index (χ3v) is 4.50. The number of thiophene rings is 1. The molecule has 0 saturated carbocycles. The minimum absolute atomic E-state index is 0.186. The lowest BCUT2D eigenvalue weighted by Crippen LogP contribution is -2.38. The Hall–Kier alpha value is -1.08. The standard InChI is InChI=1S/C13H23N3O2S2/c1-3-14-13(15-8-5-11-20(2,17)18)16-9-7-12-6-4-10-19-12/h4,6,10H,3,5,7-9,11H2,1-2H3,(H2,14,15,16). The molecule has 114 valence electrons. The molecular weight excluding hydrogens is 294 g/mol. The van der Waals surface area contributed by atoms with Crippen LogP contribution in [0.5, 0.6) is 0 Å². The van der Waals surface area contributed by atoms with Gasteiger partial charge in [-0.15, -0.1) is 11.3 Å². The van der Waals surface area contributed by atoms with Gasteiger partial charge in [0.1, 0.15) is 9.84 Å². The summed E-state index contributed by atoms with van der Waals surface area (Å²) in [6.45, 7) is 4.13. The molecule has 7 heteroatoms. The van der Waals surface area contributed by atoms with Gasteiger partial charge in [-0.3, -0.25) is 4.99 Å². The SMILES string of the molecule is CCNC(=NCCCS(C)(=O)=O)NCCc1cccs1. The van der Waals surface area contributed by atoms with E-state index in [0.29, 0.717) is 13.0 Å². The van der Waals surface area contributed by atoms with Crippen LogP contribution in [0.15, 0.2) is 22.5 Å². The molecule has 0 radical (unpaired) electrons. The molecule has 20 heavy (non-hydrogen) atoms. The summed E-state index contributed by atoms with van der Waals surface area (Å²) in [5, 5.41) is 8.48.